The van der Waals surface area contributed by atoms with E-state index in [0.29, 0.717) is 24.0 Å². The lowest BCUT2D eigenvalue weighted by molar-refractivity contribution is 0.0868. The molecule has 0 atom stereocenters. The molecule has 1 aromatic carbocycles. The highest BCUT2D eigenvalue weighted by Gasteiger charge is 2.23. The first-order chi connectivity index (χ1) is 14.5. The number of aliphatic hydroxyl groups excluding tert-OH is 1. The van der Waals surface area contributed by atoms with Gasteiger partial charge in [0.15, 0.2) is 0 Å². The molecule has 4 rings (SSSR count). The standard InChI is InChI=1S/C22H28FN5O2/c23-20-12-16(28-9-7-25-8-10-28)3-6-18(20)14-11-19(21(24)26-13-14)22(30)27-15-1-4-17(29)5-2-15/h3,6,11-13,15,17,25,29H,1-2,4-5,7-10H2,(H2,24,26)(H,27,30). The molecule has 0 radical (unpaired) electrons. The quantitative estimate of drug-likeness (QED) is 0.611. The number of carbonyl (C=O) groups excluding carboxylic acids is 1. The Morgan fingerprint density at radius 2 is 1.93 bits per heavy atom. The largest absolute Gasteiger partial charge is 0.393 e. The van der Waals surface area contributed by atoms with Crippen LogP contribution in [0.1, 0.15) is 36.0 Å². The summed E-state index contributed by atoms with van der Waals surface area (Å²) in [5.74, 6) is -0.559. The van der Waals surface area contributed by atoms with Crippen LogP contribution in [0.4, 0.5) is 15.9 Å². The number of carbonyl (C=O) groups is 1. The van der Waals surface area contributed by atoms with Gasteiger partial charge in [0.05, 0.1) is 11.7 Å². The number of anilines is 2. The fourth-order valence-corrected chi connectivity index (χ4v) is 4.15. The average molecular weight is 413 g/mol. The Hall–Kier alpha value is -2.71. The van der Waals surface area contributed by atoms with E-state index in [2.05, 4.69) is 20.5 Å². The van der Waals surface area contributed by atoms with Gasteiger partial charge in [-0.2, -0.15) is 0 Å². The van der Waals surface area contributed by atoms with Crippen molar-refractivity contribution in [1.29, 1.82) is 0 Å². The van der Waals surface area contributed by atoms with E-state index in [0.717, 1.165) is 44.7 Å². The lowest BCUT2D eigenvalue weighted by Crippen LogP contribution is -2.43. The Kier molecular flexibility index (Phi) is 6.15. The number of nitrogens with one attached hydrogen (secondary N) is 2. The summed E-state index contributed by atoms with van der Waals surface area (Å²) in [5, 5.41) is 15.9. The monoisotopic (exact) mass is 413 g/mol. The van der Waals surface area contributed by atoms with Crippen molar-refractivity contribution in [3.63, 3.8) is 0 Å². The summed E-state index contributed by atoms with van der Waals surface area (Å²) in [5.41, 5.74) is 7.92. The third-order valence-electron chi connectivity index (χ3n) is 5.94. The molecule has 2 aromatic rings. The van der Waals surface area contributed by atoms with Crippen LogP contribution in [0.5, 0.6) is 0 Å². The molecule has 1 aromatic heterocycles. The maximum absolute atomic E-state index is 14.9. The van der Waals surface area contributed by atoms with E-state index >= 15 is 0 Å². The SMILES string of the molecule is Nc1ncc(-c2ccc(N3CCNCC3)cc2F)cc1C(=O)NC1CCC(O)CC1. The van der Waals surface area contributed by atoms with Crippen LogP contribution in [0.3, 0.4) is 0 Å². The molecule has 2 heterocycles. The van der Waals surface area contributed by atoms with Crippen LogP contribution in [0.25, 0.3) is 11.1 Å². The summed E-state index contributed by atoms with van der Waals surface area (Å²) in [6.07, 6.45) is 3.99. The van der Waals surface area contributed by atoms with Crippen LogP contribution >= 0.6 is 0 Å². The minimum atomic E-state index is -0.356. The van der Waals surface area contributed by atoms with Gasteiger partial charge in [0.2, 0.25) is 0 Å². The number of nitrogens with zero attached hydrogens (tertiary/aromatic N) is 2. The molecule has 1 amide bonds. The van der Waals surface area contributed by atoms with Gasteiger partial charge in [0.25, 0.3) is 5.91 Å². The van der Waals surface area contributed by atoms with E-state index in [9.17, 15) is 14.3 Å². The molecule has 0 bridgehead atoms. The molecule has 0 unspecified atom stereocenters. The molecule has 1 saturated carbocycles. The van der Waals surface area contributed by atoms with Crippen molar-refractivity contribution in [3.8, 4) is 11.1 Å². The summed E-state index contributed by atoms with van der Waals surface area (Å²) in [6, 6.07) is 6.75. The van der Waals surface area contributed by atoms with Gasteiger partial charge in [-0.05, 0) is 49.9 Å². The number of nitrogens with two attached hydrogens (primary N) is 1. The number of pyridine rings is 1. The van der Waals surface area contributed by atoms with E-state index in [1.807, 2.05) is 6.07 Å². The summed E-state index contributed by atoms with van der Waals surface area (Å²) in [7, 11) is 0. The van der Waals surface area contributed by atoms with Gasteiger partial charge < -0.3 is 26.4 Å². The second-order valence-electron chi connectivity index (χ2n) is 8.04. The zero-order valence-corrected chi connectivity index (χ0v) is 16.9. The summed E-state index contributed by atoms with van der Waals surface area (Å²) in [4.78, 5) is 19.0. The first-order valence-electron chi connectivity index (χ1n) is 10.5. The van der Waals surface area contributed by atoms with Crippen LogP contribution in [0.2, 0.25) is 0 Å². The van der Waals surface area contributed by atoms with Gasteiger partial charge in [0, 0.05) is 55.2 Å². The second-order valence-corrected chi connectivity index (χ2v) is 8.04. The van der Waals surface area contributed by atoms with Gasteiger partial charge in [-0.15, -0.1) is 0 Å². The zero-order valence-electron chi connectivity index (χ0n) is 16.9. The molecule has 5 N–H and O–H groups in total. The van der Waals surface area contributed by atoms with Crippen LogP contribution < -0.4 is 21.3 Å². The van der Waals surface area contributed by atoms with Crippen LogP contribution in [-0.4, -0.2) is 54.3 Å². The second kappa shape index (κ2) is 8.97. The molecular formula is C22H28FN5O2. The molecular weight excluding hydrogens is 385 g/mol. The maximum atomic E-state index is 14.9. The molecule has 30 heavy (non-hydrogen) atoms. The van der Waals surface area contributed by atoms with E-state index in [-0.39, 0.29) is 35.3 Å². The third-order valence-corrected chi connectivity index (χ3v) is 5.94. The first kappa shape index (κ1) is 20.6. The van der Waals surface area contributed by atoms with Gasteiger partial charge in [-0.25, -0.2) is 9.37 Å². The van der Waals surface area contributed by atoms with E-state index < -0.39 is 0 Å². The van der Waals surface area contributed by atoms with Crippen LogP contribution in [0, 0.1) is 5.82 Å². The summed E-state index contributed by atoms with van der Waals surface area (Å²) < 4.78 is 14.9. The number of benzene rings is 1. The number of rotatable bonds is 4. The van der Waals surface area contributed by atoms with Gasteiger partial charge >= 0.3 is 0 Å². The summed E-state index contributed by atoms with van der Waals surface area (Å²) >= 11 is 0. The minimum Gasteiger partial charge on any atom is -0.393 e. The number of aromatic nitrogens is 1. The maximum Gasteiger partial charge on any atom is 0.255 e. The van der Waals surface area contributed by atoms with E-state index in [4.69, 9.17) is 5.73 Å². The van der Waals surface area contributed by atoms with Gasteiger partial charge in [-0.3, -0.25) is 4.79 Å². The molecule has 2 aliphatic rings. The Bertz CT molecular complexity index is 908. The van der Waals surface area contributed by atoms with Crippen LogP contribution in [0.15, 0.2) is 30.5 Å². The van der Waals surface area contributed by atoms with Crippen LogP contribution in [-0.2, 0) is 0 Å². The van der Waals surface area contributed by atoms with Crippen molar-refractivity contribution >= 4 is 17.4 Å². The Morgan fingerprint density at radius 3 is 2.63 bits per heavy atom. The summed E-state index contributed by atoms with van der Waals surface area (Å²) in [6.45, 7) is 3.43. The number of halogens is 1. The number of hydrogen-bond acceptors (Lipinski definition) is 6. The fraction of sp³-hybridized carbons (Fsp3) is 0.455. The lowest BCUT2D eigenvalue weighted by Gasteiger charge is -2.29. The Labute approximate surface area is 175 Å². The highest BCUT2D eigenvalue weighted by molar-refractivity contribution is 5.99. The van der Waals surface area contributed by atoms with Gasteiger partial charge in [0.1, 0.15) is 11.6 Å². The average Bonchev–Trinajstić information content (AvgIpc) is 2.76. The number of aliphatic hydroxyl groups is 1. The molecule has 1 aliphatic carbocycles. The predicted molar refractivity (Wildman–Crippen MR) is 115 cm³/mol. The lowest BCUT2D eigenvalue weighted by atomic mass is 9.93. The number of nitrogen functional groups attached to an aromatic ring is 1. The zero-order chi connectivity index (χ0) is 21.1. The predicted octanol–water partition coefficient (Wildman–Crippen LogP) is 1.91. The Morgan fingerprint density at radius 1 is 1.20 bits per heavy atom. The van der Waals surface area contributed by atoms with Crippen molar-refractivity contribution in [2.75, 3.05) is 36.8 Å². The van der Waals surface area contributed by atoms with Gasteiger partial charge in [-0.1, -0.05) is 0 Å². The fourth-order valence-electron chi connectivity index (χ4n) is 4.15. The minimum absolute atomic E-state index is 0.000918. The third kappa shape index (κ3) is 4.55. The topological polar surface area (TPSA) is 104 Å². The highest BCUT2D eigenvalue weighted by Crippen LogP contribution is 2.29. The van der Waals surface area contributed by atoms with Crippen molar-refractivity contribution in [3.05, 3.63) is 41.8 Å². The molecule has 1 saturated heterocycles. The Balaban J connectivity index is 1.53. The smallest absolute Gasteiger partial charge is 0.255 e. The van der Waals surface area contributed by atoms with Crippen molar-refractivity contribution in [2.45, 2.75) is 37.8 Å². The molecule has 0 spiro atoms. The molecule has 160 valence electrons. The number of piperazine rings is 1. The molecule has 2 fully saturated rings. The highest BCUT2D eigenvalue weighted by atomic mass is 19.1. The molecule has 1 aliphatic heterocycles. The van der Waals surface area contributed by atoms with Crippen molar-refractivity contribution < 1.29 is 14.3 Å². The number of amides is 1. The molecule has 7 nitrogen and oxygen atoms in total. The normalized spacial score (nSPS) is 22.0. The van der Waals surface area contributed by atoms with Crippen molar-refractivity contribution in [2.24, 2.45) is 0 Å². The molecule has 8 heteroatoms. The van der Waals surface area contributed by atoms with E-state index in [1.54, 1.807) is 12.1 Å². The van der Waals surface area contributed by atoms with E-state index in [1.165, 1.54) is 12.3 Å². The van der Waals surface area contributed by atoms with Crippen molar-refractivity contribution in [1.82, 2.24) is 15.6 Å². The first-order valence-corrected chi connectivity index (χ1v) is 10.5. The number of hydrogen-bond donors (Lipinski definition) is 4.